The predicted molar refractivity (Wildman–Crippen MR) is 167 cm³/mol. The van der Waals surface area contributed by atoms with Gasteiger partial charge in [0, 0.05) is 68.3 Å². The number of benzene rings is 2. The molecule has 0 spiro atoms. The molecule has 0 bridgehead atoms. The van der Waals surface area contributed by atoms with Gasteiger partial charge in [0.2, 0.25) is 11.9 Å². The fourth-order valence-electron chi connectivity index (χ4n) is 6.14. The number of carbonyl (C=O) groups excluding carboxylic acids is 2. The maximum absolute atomic E-state index is 13.8. The molecule has 11 heteroatoms. The summed E-state index contributed by atoms with van der Waals surface area (Å²) >= 11 is 0. The first kappa shape index (κ1) is 27.8. The molecule has 6 rings (SSSR count). The van der Waals surface area contributed by atoms with Crippen molar-refractivity contribution in [2.45, 2.75) is 25.3 Å². The SMILES string of the molecule is [B]C1(N2Cc3cnc(Nc4ccc(N5CCN(C)CC5)cc4)nc3N(C)C2=O)CCN(C(=O)C=C)c2c(C)cccc21. The van der Waals surface area contributed by atoms with Gasteiger partial charge in [0.25, 0.3) is 0 Å². The Hall–Kier alpha value is -4.38. The van der Waals surface area contributed by atoms with Crippen molar-refractivity contribution < 1.29 is 9.59 Å². The molecule has 1 unspecified atom stereocenters. The van der Waals surface area contributed by atoms with Crippen LogP contribution in [0.5, 0.6) is 0 Å². The summed E-state index contributed by atoms with van der Waals surface area (Å²) in [5, 5.41) is 3.28. The molecule has 3 aromatic rings. The fourth-order valence-corrected chi connectivity index (χ4v) is 6.14. The Labute approximate surface area is 248 Å². The minimum absolute atomic E-state index is 0.192. The highest BCUT2D eigenvalue weighted by Gasteiger charge is 2.46. The molecule has 1 saturated heterocycles. The number of anilines is 5. The van der Waals surface area contributed by atoms with Gasteiger partial charge in [0.1, 0.15) is 13.7 Å². The molecule has 3 aliphatic rings. The zero-order valence-corrected chi connectivity index (χ0v) is 24.4. The molecule has 0 saturated carbocycles. The number of urea groups is 1. The van der Waals surface area contributed by atoms with Gasteiger partial charge in [-0.3, -0.25) is 9.69 Å². The van der Waals surface area contributed by atoms with E-state index in [-0.39, 0.29) is 18.5 Å². The van der Waals surface area contributed by atoms with E-state index in [1.54, 1.807) is 23.0 Å². The number of nitrogens with one attached hydrogen (secondary N) is 1. The van der Waals surface area contributed by atoms with Gasteiger partial charge < -0.3 is 24.9 Å². The highest BCUT2D eigenvalue weighted by molar-refractivity contribution is 6.19. The van der Waals surface area contributed by atoms with Crippen molar-refractivity contribution in [2.75, 3.05) is 66.8 Å². The lowest BCUT2D eigenvalue weighted by molar-refractivity contribution is -0.114. The topological polar surface area (TPSA) is 88.2 Å². The summed E-state index contributed by atoms with van der Waals surface area (Å²) in [7, 11) is 10.9. The smallest absolute Gasteiger partial charge is 0.325 e. The standard InChI is InChI=1S/C31H35BN8O2/c1-5-26(41)39-14-13-31(32,25-8-6-7-21(2)27(25)39)40-20-22-19-33-29(35-28(22)37(4)30(40)42)34-23-9-11-24(12-10-23)38-17-15-36(3)16-18-38/h5-12,19H,1,13-18,20H2,2-4H3,(H,33,34,35). The molecule has 4 heterocycles. The van der Waals surface area contributed by atoms with E-state index in [1.807, 2.05) is 37.3 Å². The third-order valence-electron chi connectivity index (χ3n) is 8.61. The first-order valence-electron chi connectivity index (χ1n) is 14.2. The molecular weight excluding hydrogens is 527 g/mol. The first-order chi connectivity index (χ1) is 20.2. The van der Waals surface area contributed by atoms with E-state index >= 15 is 0 Å². The molecule has 214 valence electrons. The van der Waals surface area contributed by atoms with Crippen molar-refractivity contribution in [1.29, 1.82) is 0 Å². The number of fused-ring (bicyclic) bond motifs is 2. The molecule has 0 aliphatic carbocycles. The van der Waals surface area contributed by atoms with Gasteiger partial charge in [0.15, 0.2) is 0 Å². The largest absolute Gasteiger partial charge is 0.369 e. The Morgan fingerprint density at radius 1 is 1.07 bits per heavy atom. The van der Waals surface area contributed by atoms with Crippen LogP contribution < -0.4 is 20.0 Å². The van der Waals surface area contributed by atoms with Gasteiger partial charge in [-0.05, 0) is 61.9 Å². The number of likely N-dealkylation sites (N-methyl/N-ethyl adjacent to an activating group) is 1. The maximum Gasteiger partial charge on any atom is 0.325 e. The number of hydrogen-bond donors (Lipinski definition) is 1. The molecule has 2 radical (unpaired) electrons. The van der Waals surface area contributed by atoms with Gasteiger partial charge in [-0.25, -0.2) is 9.78 Å². The summed E-state index contributed by atoms with van der Waals surface area (Å²) in [6, 6.07) is 13.7. The second kappa shape index (κ2) is 10.8. The zero-order valence-electron chi connectivity index (χ0n) is 24.4. The Morgan fingerprint density at radius 3 is 2.52 bits per heavy atom. The van der Waals surface area contributed by atoms with E-state index < -0.39 is 5.44 Å². The van der Waals surface area contributed by atoms with Gasteiger partial charge in [-0.2, -0.15) is 4.98 Å². The van der Waals surface area contributed by atoms with Crippen LogP contribution in [-0.4, -0.2) is 86.4 Å². The summed E-state index contributed by atoms with van der Waals surface area (Å²) in [6.45, 7) is 10.3. The van der Waals surface area contributed by atoms with Crippen molar-refractivity contribution in [3.05, 3.63) is 78.0 Å². The van der Waals surface area contributed by atoms with Crippen LogP contribution in [0.3, 0.4) is 0 Å². The number of rotatable bonds is 5. The molecule has 1 fully saturated rings. The highest BCUT2D eigenvalue weighted by Crippen LogP contribution is 2.45. The summed E-state index contributed by atoms with van der Waals surface area (Å²) in [5.74, 6) is 0.756. The van der Waals surface area contributed by atoms with E-state index in [9.17, 15) is 9.59 Å². The first-order valence-corrected chi connectivity index (χ1v) is 14.2. The summed E-state index contributed by atoms with van der Waals surface area (Å²) in [6.07, 6.45) is 3.43. The average Bonchev–Trinajstić information content (AvgIpc) is 3.00. The minimum Gasteiger partial charge on any atom is -0.369 e. The van der Waals surface area contributed by atoms with Gasteiger partial charge >= 0.3 is 6.03 Å². The van der Waals surface area contributed by atoms with Crippen molar-refractivity contribution >= 4 is 48.6 Å². The Morgan fingerprint density at radius 2 is 1.81 bits per heavy atom. The number of aryl methyl sites for hydroxylation is 1. The molecule has 1 atom stereocenters. The second-order valence-corrected chi connectivity index (χ2v) is 11.3. The van der Waals surface area contributed by atoms with E-state index in [1.165, 1.54) is 16.7 Å². The Balaban J connectivity index is 1.24. The van der Waals surface area contributed by atoms with Crippen molar-refractivity contribution in [3.63, 3.8) is 0 Å². The number of aromatic nitrogens is 2. The molecular formula is C31H35BN8O2. The van der Waals surface area contributed by atoms with E-state index in [0.717, 1.165) is 54.2 Å². The third kappa shape index (κ3) is 4.77. The summed E-state index contributed by atoms with van der Waals surface area (Å²) in [4.78, 5) is 45.4. The molecule has 3 aliphatic heterocycles. The summed E-state index contributed by atoms with van der Waals surface area (Å²) < 4.78 is 0. The quantitative estimate of drug-likeness (QED) is 0.376. The third-order valence-corrected chi connectivity index (χ3v) is 8.61. The van der Waals surface area contributed by atoms with Crippen LogP contribution in [0.2, 0.25) is 0 Å². The second-order valence-electron chi connectivity index (χ2n) is 11.3. The normalized spacial score (nSPS) is 20.7. The molecule has 1 N–H and O–H groups in total. The van der Waals surface area contributed by atoms with E-state index in [0.29, 0.717) is 24.7 Å². The lowest BCUT2D eigenvalue weighted by Gasteiger charge is -2.51. The average molecular weight is 562 g/mol. The van der Waals surface area contributed by atoms with Crippen LogP contribution in [0, 0.1) is 6.92 Å². The molecule has 2 aromatic carbocycles. The lowest BCUT2D eigenvalue weighted by atomic mass is 9.65. The van der Waals surface area contributed by atoms with Gasteiger partial charge in [0.05, 0.1) is 12.2 Å². The number of carbonyl (C=O) groups is 2. The monoisotopic (exact) mass is 562 g/mol. The van der Waals surface area contributed by atoms with Crippen LogP contribution >= 0.6 is 0 Å². The number of para-hydroxylation sites is 1. The van der Waals surface area contributed by atoms with Gasteiger partial charge in [-0.15, -0.1) is 0 Å². The molecule has 42 heavy (non-hydrogen) atoms. The van der Waals surface area contributed by atoms with Crippen molar-refractivity contribution in [1.82, 2.24) is 19.8 Å². The lowest BCUT2D eigenvalue weighted by Crippen LogP contribution is -2.59. The molecule has 3 amide bonds. The van der Waals surface area contributed by atoms with Crippen LogP contribution in [0.25, 0.3) is 0 Å². The minimum atomic E-state index is -1.12. The summed E-state index contributed by atoms with van der Waals surface area (Å²) in [5.41, 5.74) is 4.10. The highest BCUT2D eigenvalue weighted by atomic mass is 16.2. The number of amides is 3. The Bertz CT molecular complexity index is 1540. The van der Waals surface area contributed by atoms with Crippen LogP contribution in [0.4, 0.5) is 33.6 Å². The molecule has 10 nitrogen and oxygen atoms in total. The van der Waals surface area contributed by atoms with E-state index in [2.05, 4.69) is 45.9 Å². The maximum atomic E-state index is 13.8. The molecule has 1 aromatic heterocycles. The predicted octanol–water partition coefficient (Wildman–Crippen LogP) is 3.60. The van der Waals surface area contributed by atoms with E-state index in [4.69, 9.17) is 12.8 Å². The number of hydrogen-bond acceptors (Lipinski definition) is 7. The van der Waals surface area contributed by atoms with Crippen LogP contribution in [-0.2, 0) is 16.8 Å². The van der Waals surface area contributed by atoms with Crippen LogP contribution in [0.1, 0.15) is 23.1 Å². The van der Waals surface area contributed by atoms with Crippen molar-refractivity contribution in [2.24, 2.45) is 0 Å². The van der Waals surface area contributed by atoms with Crippen LogP contribution in [0.15, 0.2) is 61.3 Å². The zero-order chi connectivity index (χ0) is 29.6. The number of nitrogens with zero attached hydrogens (tertiary/aromatic N) is 7. The number of piperazine rings is 1. The van der Waals surface area contributed by atoms with Crippen molar-refractivity contribution in [3.8, 4) is 0 Å². The Kier molecular flexibility index (Phi) is 7.14. The fraction of sp³-hybridized carbons (Fsp3) is 0.355. The van der Waals surface area contributed by atoms with Gasteiger partial charge in [-0.1, -0.05) is 24.8 Å².